The molecular weight excluding hydrogens is 375 g/mol. The first kappa shape index (κ1) is 24.9. The first-order valence-electron chi connectivity index (χ1n) is 8.77. The van der Waals surface area contributed by atoms with Gasteiger partial charge in [-0.05, 0) is 24.8 Å². The van der Waals surface area contributed by atoms with Crippen LogP contribution in [0.15, 0.2) is 30.8 Å². The number of quaternary nitrogens is 1. The SMILES string of the molecule is C=Cc1ccc(C[N+](CCC)(CCC)CCC)cc1.F[P-](F)(F)(F)(F)F. The van der Waals surface area contributed by atoms with Crippen molar-refractivity contribution in [3.8, 4) is 0 Å². The predicted molar refractivity (Wildman–Crippen MR) is 99.5 cm³/mol. The second kappa shape index (κ2) is 8.75. The van der Waals surface area contributed by atoms with Crippen LogP contribution in [0.25, 0.3) is 6.08 Å². The van der Waals surface area contributed by atoms with Gasteiger partial charge in [0.2, 0.25) is 0 Å². The van der Waals surface area contributed by atoms with Gasteiger partial charge in [0.1, 0.15) is 6.54 Å². The van der Waals surface area contributed by atoms with Crippen molar-refractivity contribution in [2.24, 2.45) is 0 Å². The molecule has 1 aromatic carbocycles. The third kappa shape index (κ3) is 14.1. The van der Waals surface area contributed by atoms with Gasteiger partial charge in [-0.2, -0.15) is 0 Å². The van der Waals surface area contributed by atoms with Gasteiger partial charge in [0.15, 0.2) is 0 Å². The van der Waals surface area contributed by atoms with Gasteiger partial charge in [-0.25, -0.2) is 0 Å². The summed E-state index contributed by atoms with van der Waals surface area (Å²) < 4.78 is 60.4. The molecule has 0 unspecified atom stereocenters. The zero-order chi connectivity index (χ0) is 20.5. The molecule has 0 saturated carbocycles. The third-order valence-electron chi connectivity index (χ3n) is 3.83. The predicted octanol–water partition coefficient (Wildman–Crippen LogP) is 8.26. The van der Waals surface area contributed by atoms with Gasteiger partial charge in [0.05, 0.1) is 19.6 Å². The van der Waals surface area contributed by atoms with E-state index in [0.717, 1.165) is 0 Å². The molecule has 154 valence electrons. The Morgan fingerprint density at radius 1 is 0.808 bits per heavy atom. The summed E-state index contributed by atoms with van der Waals surface area (Å²) in [6.45, 7) is 15.8. The molecule has 0 N–H and O–H groups in total. The van der Waals surface area contributed by atoms with Crippen LogP contribution in [0.2, 0.25) is 0 Å². The molecule has 0 fully saturated rings. The summed E-state index contributed by atoms with van der Waals surface area (Å²) in [5.41, 5.74) is 2.67. The summed E-state index contributed by atoms with van der Waals surface area (Å²) in [6, 6.07) is 8.90. The maximum absolute atomic E-state index is 10.7. The number of hydrogen-bond donors (Lipinski definition) is 0. The van der Waals surface area contributed by atoms with E-state index in [-0.39, 0.29) is 0 Å². The summed E-state index contributed by atoms with van der Waals surface area (Å²) in [5, 5.41) is 0. The van der Waals surface area contributed by atoms with Gasteiger partial charge in [0.25, 0.3) is 0 Å². The quantitative estimate of drug-likeness (QED) is 0.220. The average Bonchev–Trinajstić information content (AvgIpc) is 2.45. The Balaban J connectivity index is 0.000000758. The standard InChI is InChI=1S/C18H30N.F6P/c1-5-13-19(14-6-2,15-7-3)16-18-11-9-17(8-4)10-12-18;1-7(2,3,4,5)6/h8-12H,4-7,13-16H2,1-3H3;/q+1;-1. The van der Waals surface area contributed by atoms with E-state index in [9.17, 15) is 25.2 Å². The fraction of sp³-hybridized carbons (Fsp3) is 0.556. The van der Waals surface area contributed by atoms with E-state index in [4.69, 9.17) is 0 Å². The molecule has 26 heavy (non-hydrogen) atoms. The summed E-state index contributed by atoms with van der Waals surface area (Å²) in [5.74, 6) is 0. The Hall–Kier alpha value is -1.07. The fourth-order valence-corrected chi connectivity index (χ4v) is 3.14. The Kier molecular flexibility index (Phi) is 8.39. The summed E-state index contributed by atoms with van der Waals surface area (Å²) in [6.07, 6.45) is 5.72. The van der Waals surface area contributed by atoms with Crippen molar-refractivity contribution >= 4 is 13.9 Å². The van der Waals surface area contributed by atoms with Crippen molar-refractivity contribution in [1.29, 1.82) is 0 Å². The Labute approximate surface area is 152 Å². The molecule has 0 aliphatic rings. The van der Waals surface area contributed by atoms with Crippen LogP contribution < -0.4 is 0 Å². The normalized spacial score (nSPS) is 14.7. The van der Waals surface area contributed by atoms with Crippen LogP contribution in [0.4, 0.5) is 25.2 Å². The fourth-order valence-electron chi connectivity index (χ4n) is 3.14. The topological polar surface area (TPSA) is 0 Å². The van der Waals surface area contributed by atoms with Crippen LogP contribution in [-0.4, -0.2) is 24.1 Å². The first-order chi connectivity index (χ1) is 11.6. The van der Waals surface area contributed by atoms with Gasteiger partial charge < -0.3 is 4.48 Å². The van der Waals surface area contributed by atoms with E-state index in [1.54, 1.807) is 0 Å². The molecule has 0 heterocycles. The van der Waals surface area contributed by atoms with Gasteiger partial charge >= 0.3 is 33.0 Å². The Morgan fingerprint density at radius 2 is 1.15 bits per heavy atom. The molecule has 0 spiro atoms. The average molecular weight is 405 g/mol. The molecule has 0 atom stereocenters. The number of halogens is 6. The molecule has 1 nitrogen and oxygen atoms in total. The summed E-state index contributed by atoms with van der Waals surface area (Å²) >= 11 is 0. The minimum atomic E-state index is -10.7. The monoisotopic (exact) mass is 405 g/mol. The van der Waals surface area contributed by atoms with Crippen molar-refractivity contribution in [3.63, 3.8) is 0 Å². The molecular formula is C18H30F6NP. The second-order valence-electron chi connectivity index (χ2n) is 6.57. The summed E-state index contributed by atoms with van der Waals surface area (Å²) in [4.78, 5) is 0. The number of nitrogens with zero attached hydrogens (tertiary/aromatic N) is 1. The van der Waals surface area contributed by atoms with Gasteiger partial charge in [-0.15, -0.1) is 0 Å². The molecule has 0 saturated heterocycles. The molecule has 0 amide bonds. The number of rotatable bonds is 9. The van der Waals surface area contributed by atoms with Crippen LogP contribution in [-0.2, 0) is 6.54 Å². The maximum atomic E-state index is 9.87. The van der Waals surface area contributed by atoms with Gasteiger partial charge in [-0.3, -0.25) is 0 Å². The van der Waals surface area contributed by atoms with Crippen LogP contribution in [0.3, 0.4) is 0 Å². The number of benzene rings is 1. The molecule has 0 radical (unpaired) electrons. The van der Waals surface area contributed by atoms with E-state index in [1.807, 2.05) is 6.08 Å². The van der Waals surface area contributed by atoms with Crippen LogP contribution in [0, 0.1) is 0 Å². The van der Waals surface area contributed by atoms with E-state index in [2.05, 4.69) is 51.6 Å². The minimum absolute atomic E-state index is 1.17. The Morgan fingerprint density at radius 3 is 1.42 bits per heavy atom. The third-order valence-corrected chi connectivity index (χ3v) is 3.83. The van der Waals surface area contributed by atoms with Crippen LogP contribution in [0.5, 0.6) is 0 Å². The Bertz CT molecular complexity index is 522. The summed E-state index contributed by atoms with van der Waals surface area (Å²) in [7, 11) is -10.7. The van der Waals surface area contributed by atoms with Crippen molar-refractivity contribution in [2.75, 3.05) is 19.6 Å². The second-order valence-corrected chi connectivity index (χ2v) is 8.49. The van der Waals surface area contributed by atoms with Gasteiger partial charge in [-0.1, -0.05) is 57.7 Å². The molecule has 1 rings (SSSR count). The zero-order valence-electron chi connectivity index (χ0n) is 15.7. The van der Waals surface area contributed by atoms with E-state index in [1.165, 1.54) is 61.1 Å². The van der Waals surface area contributed by atoms with Crippen LogP contribution >= 0.6 is 7.81 Å². The van der Waals surface area contributed by atoms with E-state index < -0.39 is 7.81 Å². The van der Waals surface area contributed by atoms with E-state index >= 15 is 0 Å². The first-order valence-corrected chi connectivity index (χ1v) is 10.8. The van der Waals surface area contributed by atoms with E-state index in [0.29, 0.717) is 0 Å². The van der Waals surface area contributed by atoms with Crippen LogP contribution in [0.1, 0.15) is 51.2 Å². The zero-order valence-corrected chi connectivity index (χ0v) is 16.6. The molecule has 0 aliphatic heterocycles. The van der Waals surface area contributed by atoms with Gasteiger partial charge in [0, 0.05) is 5.56 Å². The van der Waals surface area contributed by atoms with Crippen molar-refractivity contribution in [3.05, 3.63) is 42.0 Å². The molecule has 0 aromatic heterocycles. The molecule has 1 aromatic rings. The van der Waals surface area contributed by atoms with Crippen molar-refractivity contribution in [2.45, 2.75) is 46.6 Å². The molecule has 8 heteroatoms. The van der Waals surface area contributed by atoms with Crippen molar-refractivity contribution < 1.29 is 29.7 Å². The molecule has 0 bridgehead atoms. The number of hydrogen-bond acceptors (Lipinski definition) is 0. The van der Waals surface area contributed by atoms with Crippen molar-refractivity contribution in [1.82, 2.24) is 0 Å². The molecule has 0 aliphatic carbocycles.